The first kappa shape index (κ1) is 17.6. The number of piperidine rings is 1. The lowest BCUT2D eigenvalue weighted by Crippen LogP contribution is -2.49. The highest BCUT2D eigenvalue weighted by Crippen LogP contribution is 2.32. The molecule has 2 unspecified atom stereocenters. The zero-order valence-corrected chi connectivity index (χ0v) is 15.5. The molecule has 2 aromatic rings. The summed E-state index contributed by atoms with van der Waals surface area (Å²) < 4.78 is 28.2. The molecule has 2 fully saturated rings. The topological polar surface area (TPSA) is 75.2 Å². The van der Waals surface area contributed by atoms with Crippen LogP contribution in [0.3, 0.4) is 0 Å². The lowest BCUT2D eigenvalue weighted by molar-refractivity contribution is 0.173. The number of nitrogens with zero attached hydrogens (tertiary/aromatic N) is 3. The number of sulfonamides is 1. The second kappa shape index (κ2) is 7.42. The van der Waals surface area contributed by atoms with E-state index >= 15 is 0 Å². The molecule has 26 heavy (non-hydrogen) atoms. The van der Waals surface area contributed by atoms with E-state index in [2.05, 4.69) is 15.3 Å². The van der Waals surface area contributed by atoms with E-state index in [1.165, 1.54) is 12.4 Å². The second-order valence-corrected chi connectivity index (χ2v) is 8.93. The Morgan fingerprint density at radius 1 is 1.04 bits per heavy atom. The Morgan fingerprint density at radius 2 is 1.81 bits per heavy atom. The Bertz CT molecular complexity index is 840. The average molecular weight is 372 g/mol. The molecule has 4 rings (SSSR count). The number of benzene rings is 1. The quantitative estimate of drug-likeness (QED) is 0.895. The third kappa shape index (κ3) is 3.39. The molecule has 0 spiro atoms. The van der Waals surface area contributed by atoms with E-state index in [1.54, 1.807) is 4.31 Å². The van der Waals surface area contributed by atoms with Crippen LogP contribution >= 0.6 is 0 Å². The van der Waals surface area contributed by atoms with Crippen LogP contribution in [0.15, 0.2) is 47.6 Å². The molecule has 1 aromatic heterocycles. The van der Waals surface area contributed by atoms with Crippen molar-refractivity contribution in [2.45, 2.75) is 36.6 Å². The predicted molar refractivity (Wildman–Crippen MR) is 100.0 cm³/mol. The number of nitrogens with one attached hydrogen (secondary N) is 1. The third-order valence-electron chi connectivity index (χ3n) is 5.39. The number of hydrogen-bond donors (Lipinski definition) is 1. The van der Waals surface area contributed by atoms with E-state index in [0.29, 0.717) is 18.3 Å². The van der Waals surface area contributed by atoms with Gasteiger partial charge in [0.25, 0.3) is 0 Å². The summed E-state index contributed by atoms with van der Waals surface area (Å²) in [5.74, 6) is 0.935. The van der Waals surface area contributed by atoms with Crippen molar-refractivity contribution >= 4 is 10.0 Å². The van der Waals surface area contributed by atoms with E-state index in [4.69, 9.17) is 0 Å². The van der Waals surface area contributed by atoms with Crippen LogP contribution in [0.4, 0.5) is 0 Å². The Labute approximate surface area is 154 Å². The summed E-state index contributed by atoms with van der Waals surface area (Å²) >= 11 is 0. The lowest BCUT2D eigenvalue weighted by atomic mass is 9.89. The van der Waals surface area contributed by atoms with E-state index in [1.807, 2.05) is 30.3 Å². The fraction of sp³-hybridized carbons (Fsp3) is 0.474. The van der Waals surface area contributed by atoms with Crippen molar-refractivity contribution in [1.29, 1.82) is 0 Å². The zero-order valence-electron chi connectivity index (χ0n) is 14.7. The summed E-state index contributed by atoms with van der Waals surface area (Å²) in [5, 5.41) is 3.44. The van der Waals surface area contributed by atoms with Crippen molar-refractivity contribution < 1.29 is 8.42 Å². The molecule has 0 aliphatic carbocycles. The van der Waals surface area contributed by atoms with Gasteiger partial charge in [-0.25, -0.2) is 18.4 Å². The smallest absolute Gasteiger partial charge is 0.246 e. The van der Waals surface area contributed by atoms with Crippen LogP contribution in [0.1, 0.15) is 25.7 Å². The van der Waals surface area contributed by atoms with Crippen molar-refractivity contribution in [2.75, 3.05) is 19.6 Å². The molecule has 138 valence electrons. The molecule has 6 nitrogen and oxygen atoms in total. The molecule has 2 atom stereocenters. The minimum atomic E-state index is -3.57. The summed E-state index contributed by atoms with van der Waals surface area (Å²) in [7, 11) is -3.57. The Balaban J connectivity index is 1.61. The lowest BCUT2D eigenvalue weighted by Gasteiger charge is -2.39. The number of rotatable bonds is 3. The molecular formula is C19H24N4O2S. The summed E-state index contributed by atoms with van der Waals surface area (Å²) in [5.41, 5.74) is 0.879. The van der Waals surface area contributed by atoms with Crippen LogP contribution in [0, 0.1) is 5.92 Å². The van der Waals surface area contributed by atoms with Gasteiger partial charge in [-0.1, -0.05) is 30.3 Å². The van der Waals surface area contributed by atoms with E-state index in [-0.39, 0.29) is 10.9 Å². The molecule has 3 heterocycles. The highest BCUT2D eigenvalue weighted by atomic mass is 32.2. The van der Waals surface area contributed by atoms with E-state index in [0.717, 1.165) is 44.3 Å². The van der Waals surface area contributed by atoms with E-state index < -0.39 is 10.0 Å². The Hall–Kier alpha value is -1.83. The minimum Gasteiger partial charge on any atom is -0.316 e. The number of fused-ring (bicyclic) bond motifs is 1. The van der Waals surface area contributed by atoms with Crippen molar-refractivity contribution in [2.24, 2.45) is 5.92 Å². The van der Waals surface area contributed by atoms with Crippen LogP contribution in [0.2, 0.25) is 0 Å². The van der Waals surface area contributed by atoms with Gasteiger partial charge in [-0.15, -0.1) is 0 Å². The van der Waals surface area contributed by atoms with Gasteiger partial charge in [-0.3, -0.25) is 0 Å². The van der Waals surface area contributed by atoms with Gasteiger partial charge in [0.05, 0.1) is 12.4 Å². The first-order valence-electron chi connectivity index (χ1n) is 9.26. The summed E-state index contributed by atoms with van der Waals surface area (Å²) in [6.45, 7) is 2.46. The maximum absolute atomic E-state index is 13.2. The van der Waals surface area contributed by atoms with E-state index in [9.17, 15) is 8.42 Å². The van der Waals surface area contributed by atoms with Crippen LogP contribution in [0.25, 0.3) is 11.4 Å². The molecule has 0 radical (unpaired) electrons. The van der Waals surface area contributed by atoms with Crippen LogP contribution in [0.5, 0.6) is 0 Å². The third-order valence-corrected chi connectivity index (χ3v) is 7.27. The van der Waals surface area contributed by atoms with Gasteiger partial charge in [-0.05, 0) is 44.7 Å². The van der Waals surface area contributed by atoms with Gasteiger partial charge in [0.15, 0.2) is 5.82 Å². The highest BCUT2D eigenvalue weighted by molar-refractivity contribution is 7.89. The fourth-order valence-electron chi connectivity index (χ4n) is 4.06. The van der Waals surface area contributed by atoms with Crippen LogP contribution in [-0.2, 0) is 10.0 Å². The van der Waals surface area contributed by atoms with Gasteiger partial charge in [0, 0.05) is 18.2 Å². The summed E-state index contributed by atoms with van der Waals surface area (Å²) in [4.78, 5) is 8.80. The molecule has 1 N–H and O–H groups in total. The van der Waals surface area contributed by atoms with Crippen molar-refractivity contribution in [3.8, 4) is 11.4 Å². The minimum absolute atomic E-state index is 0.0811. The van der Waals surface area contributed by atoms with Gasteiger partial charge >= 0.3 is 0 Å². The average Bonchev–Trinajstić information content (AvgIpc) is 2.94. The van der Waals surface area contributed by atoms with Crippen molar-refractivity contribution in [3.63, 3.8) is 0 Å². The molecule has 2 aliphatic heterocycles. The molecule has 0 saturated carbocycles. The standard InChI is InChI=1S/C19H24N4O2S/c24-26(25,23-11-5-8-16-12-20-10-4-9-18(16)23)17-13-21-19(22-14-17)15-6-2-1-3-7-15/h1-3,6-7,13-14,16,18,20H,4-5,8-12H2. The van der Waals surface area contributed by atoms with Gasteiger partial charge in [-0.2, -0.15) is 4.31 Å². The maximum Gasteiger partial charge on any atom is 0.246 e. The summed E-state index contributed by atoms with van der Waals surface area (Å²) in [6, 6.07) is 9.66. The molecule has 0 bridgehead atoms. The molecule has 7 heteroatoms. The maximum atomic E-state index is 13.2. The predicted octanol–water partition coefficient (Wildman–Crippen LogP) is 2.30. The Kier molecular flexibility index (Phi) is 5.02. The van der Waals surface area contributed by atoms with Crippen molar-refractivity contribution in [3.05, 3.63) is 42.7 Å². The number of aromatic nitrogens is 2. The molecule has 2 aliphatic rings. The monoisotopic (exact) mass is 372 g/mol. The zero-order chi connectivity index (χ0) is 18.0. The van der Waals surface area contributed by atoms with Gasteiger partial charge in [0.1, 0.15) is 4.90 Å². The molecular weight excluding hydrogens is 348 g/mol. The number of hydrogen-bond acceptors (Lipinski definition) is 5. The van der Waals surface area contributed by atoms with Gasteiger partial charge < -0.3 is 5.32 Å². The highest BCUT2D eigenvalue weighted by Gasteiger charge is 2.39. The van der Waals surface area contributed by atoms with Gasteiger partial charge in [0.2, 0.25) is 10.0 Å². The molecule has 0 amide bonds. The largest absolute Gasteiger partial charge is 0.316 e. The molecule has 2 saturated heterocycles. The van der Waals surface area contributed by atoms with Crippen molar-refractivity contribution in [1.82, 2.24) is 19.6 Å². The van der Waals surface area contributed by atoms with Crippen LogP contribution < -0.4 is 5.32 Å². The Morgan fingerprint density at radius 3 is 2.58 bits per heavy atom. The normalized spacial score (nSPS) is 24.6. The second-order valence-electron chi connectivity index (χ2n) is 7.04. The fourth-order valence-corrected chi connectivity index (χ4v) is 5.71. The first-order valence-corrected chi connectivity index (χ1v) is 10.7. The van der Waals surface area contributed by atoms with Crippen LogP contribution in [-0.4, -0.2) is 48.4 Å². The first-order chi connectivity index (χ1) is 12.7. The SMILES string of the molecule is O=S(=O)(c1cnc(-c2ccccc2)nc1)N1CCCC2CNCCCC21. The summed E-state index contributed by atoms with van der Waals surface area (Å²) in [6.07, 6.45) is 6.82. The molecule has 1 aromatic carbocycles.